The molecule has 0 saturated heterocycles. The summed E-state index contributed by atoms with van der Waals surface area (Å²) in [4.78, 5) is 23.8. The van der Waals surface area contributed by atoms with Gasteiger partial charge in [-0.3, -0.25) is 9.59 Å². The van der Waals surface area contributed by atoms with Crippen LogP contribution in [0.4, 0.5) is 0 Å². The highest BCUT2D eigenvalue weighted by molar-refractivity contribution is 7.92. The molecule has 3 N–H and O–H groups in total. The van der Waals surface area contributed by atoms with Crippen molar-refractivity contribution < 1.29 is 38.1 Å². The van der Waals surface area contributed by atoms with Crippen molar-refractivity contribution in [2.24, 2.45) is 5.41 Å². The fourth-order valence-corrected chi connectivity index (χ4v) is 6.35. The standard InChI is InChI=1S/C26H34O8S/c1-5-10-20-21(14-13-19(17(2)27)22(20)28)34-15-9-16-35(32,33)24(25(30)31)26(3,4)23(29)18-11-7-6-8-12-18/h6-8,11-14,23-24,28-29H,5,9-10,15-16H2,1-4H3,(H,30,31). The summed E-state index contributed by atoms with van der Waals surface area (Å²) in [6, 6.07) is 11.4. The highest BCUT2D eigenvalue weighted by atomic mass is 32.2. The predicted molar refractivity (Wildman–Crippen MR) is 133 cm³/mol. The van der Waals surface area contributed by atoms with Gasteiger partial charge in [-0.1, -0.05) is 57.5 Å². The van der Waals surface area contributed by atoms with Crippen molar-refractivity contribution in [2.75, 3.05) is 12.4 Å². The van der Waals surface area contributed by atoms with Gasteiger partial charge in [0.1, 0.15) is 11.5 Å². The summed E-state index contributed by atoms with van der Waals surface area (Å²) in [7, 11) is -4.17. The van der Waals surface area contributed by atoms with Gasteiger partial charge in [-0.15, -0.1) is 0 Å². The number of aliphatic hydroxyl groups is 1. The number of rotatable bonds is 13. The summed E-state index contributed by atoms with van der Waals surface area (Å²) in [5.74, 6) is -2.07. The molecule has 0 bridgehead atoms. The van der Waals surface area contributed by atoms with Crippen LogP contribution < -0.4 is 4.74 Å². The average molecular weight is 507 g/mol. The van der Waals surface area contributed by atoms with Crippen molar-refractivity contribution in [3.8, 4) is 11.5 Å². The van der Waals surface area contributed by atoms with Crippen LogP contribution in [0.3, 0.4) is 0 Å². The minimum atomic E-state index is -4.17. The first-order valence-corrected chi connectivity index (χ1v) is 13.2. The predicted octanol–water partition coefficient (Wildman–Crippen LogP) is 3.94. The van der Waals surface area contributed by atoms with Gasteiger partial charge in [-0.2, -0.15) is 0 Å². The normalized spacial score (nSPS) is 13.7. The number of phenols is 1. The van der Waals surface area contributed by atoms with Gasteiger partial charge in [0, 0.05) is 11.0 Å². The van der Waals surface area contributed by atoms with Gasteiger partial charge in [0.05, 0.1) is 24.0 Å². The Bertz CT molecular complexity index is 1140. The Balaban J connectivity index is 2.16. The lowest BCUT2D eigenvalue weighted by molar-refractivity contribution is -0.140. The Hall–Kier alpha value is -2.91. The van der Waals surface area contributed by atoms with E-state index in [1.165, 1.54) is 26.8 Å². The third-order valence-corrected chi connectivity index (χ3v) is 8.41. The number of carboxylic acid groups (broad SMARTS) is 1. The molecule has 0 aliphatic carbocycles. The van der Waals surface area contributed by atoms with Crippen molar-refractivity contribution in [1.29, 1.82) is 0 Å². The smallest absolute Gasteiger partial charge is 0.322 e. The van der Waals surface area contributed by atoms with E-state index in [0.29, 0.717) is 29.7 Å². The van der Waals surface area contributed by atoms with E-state index in [4.69, 9.17) is 4.74 Å². The molecule has 0 heterocycles. The maximum Gasteiger partial charge on any atom is 0.322 e. The van der Waals surface area contributed by atoms with Crippen LogP contribution in [-0.2, 0) is 21.1 Å². The molecule has 192 valence electrons. The zero-order valence-electron chi connectivity index (χ0n) is 20.5. The van der Waals surface area contributed by atoms with E-state index in [9.17, 15) is 33.3 Å². The Kier molecular flexibility index (Phi) is 9.45. The third-order valence-electron chi connectivity index (χ3n) is 6.03. The summed E-state index contributed by atoms with van der Waals surface area (Å²) in [6.45, 7) is 6.07. The van der Waals surface area contributed by atoms with E-state index < -0.39 is 38.3 Å². The fourth-order valence-electron chi connectivity index (χ4n) is 4.23. The van der Waals surface area contributed by atoms with E-state index in [-0.39, 0.29) is 30.1 Å². The number of sulfone groups is 1. The van der Waals surface area contributed by atoms with Crippen LogP contribution in [-0.4, -0.2) is 53.1 Å². The zero-order chi connectivity index (χ0) is 26.4. The van der Waals surface area contributed by atoms with Crippen molar-refractivity contribution >= 4 is 21.6 Å². The molecule has 0 saturated carbocycles. The molecule has 2 aromatic rings. The molecule has 2 unspecified atom stereocenters. The molecule has 0 aliphatic rings. The highest BCUT2D eigenvalue weighted by Crippen LogP contribution is 2.40. The van der Waals surface area contributed by atoms with Crippen LogP contribution in [0.15, 0.2) is 42.5 Å². The molecular formula is C26H34O8S. The number of ketones is 1. The number of aliphatic hydroxyl groups excluding tert-OH is 1. The van der Waals surface area contributed by atoms with Crippen LogP contribution >= 0.6 is 0 Å². The van der Waals surface area contributed by atoms with Crippen molar-refractivity contribution in [1.82, 2.24) is 0 Å². The minimum Gasteiger partial charge on any atom is -0.507 e. The van der Waals surface area contributed by atoms with Crippen LogP contribution in [0.1, 0.15) is 68.1 Å². The molecular weight excluding hydrogens is 472 g/mol. The van der Waals surface area contributed by atoms with Gasteiger partial charge in [0.2, 0.25) is 0 Å². The van der Waals surface area contributed by atoms with Crippen molar-refractivity contribution in [3.05, 3.63) is 59.2 Å². The molecule has 0 fully saturated rings. The van der Waals surface area contributed by atoms with Gasteiger partial charge in [-0.25, -0.2) is 8.42 Å². The lowest BCUT2D eigenvalue weighted by Crippen LogP contribution is -2.47. The van der Waals surface area contributed by atoms with E-state index in [2.05, 4.69) is 0 Å². The average Bonchev–Trinajstić information content (AvgIpc) is 2.77. The Morgan fingerprint density at radius 1 is 1.09 bits per heavy atom. The molecule has 0 amide bonds. The number of Topliss-reactive ketones (excluding diaryl/α,β-unsaturated/α-hetero) is 1. The van der Waals surface area contributed by atoms with Crippen LogP contribution in [0, 0.1) is 5.41 Å². The maximum absolute atomic E-state index is 13.1. The number of hydrogen-bond acceptors (Lipinski definition) is 7. The minimum absolute atomic E-state index is 0.00438. The molecule has 0 aliphatic heterocycles. The first-order chi connectivity index (χ1) is 16.3. The first-order valence-electron chi connectivity index (χ1n) is 11.5. The molecule has 0 spiro atoms. The first kappa shape index (κ1) is 28.3. The zero-order valence-corrected chi connectivity index (χ0v) is 21.3. The number of ether oxygens (including phenoxy) is 1. The number of hydrogen-bond donors (Lipinski definition) is 3. The summed E-state index contributed by atoms with van der Waals surface area (Å²) >= 11 is 0. The largest absolute Gasteiger partial charge is 0.507 e. The van der Waals surface area contributed by atoms with Gasteiger partial charge >= 0.3 is 5.97 Å². The van der Waals surface area contributed by atoms with E-state index >= 15 is 0 Å². The molecule has 0 radical (unpaired) electrons. The lowest BCUT2D eigenvalue weighted by atomic mass is 9.79. The Labute approximate surface area is 206 Å². The summed E-state index contributed by atoms with van der Waals surface area (Å²) < 4.78 is 31.9. The molecule has 8 nitrogen and oxygen atoms in total. The van der Waals surface area contributed by atoms with Crippen LogP contribution in [0.5, 0.6) is 11.5 Å². The second-order valence-corrected chi connectivity index (χ2v) is 11.4. The van der Waals surface area contributed by atoms with E-state index in [0.717, 1.165) is 0 Å². The van der Waals surface area contributed by atoms with Crippen LogP contribution in [0.25, 0.3) is 0 Å². The number of phenolic OH excluding ortho intramolecular Hbond substituents is 1. The topological polar surface area (TPSA) is 138 Å². The quantitative estimate of drug-likeness (QED) is 0.274. The third kappa shape index (κ3) is 6.61. The molecule has 2 atom stereocenters. The van der Waals surface area contributed by atoms with E-state index in [1.54, 1.807) is 36.4 Å². The number of aromatic hydroxyl groups is 1. The van der Waals surface area contributed by atoms with E-state index in [1.807, 2.05) is 6.92 Å². The second-order valence-electron chi connectivity index (χ2n) is 9.17. The highest BCUT2D eigenvalue weighted by Gasteiger charge is 2.49. The fraction of sp³-hybridized carbons (Fsp3) is 0.462. The lowest BCUT2D eigenvalue weighted by Gasteiger charge is -2.35. The van der Waals surface area contributed by atoms with Gasteiger partial charge in [0.15, 0.2) is 20.9 Å². The summed E-state index contributed by atoms with van der Waals surface area (Å²) in [5, 5.41) is 29.2. The van der Waals surface area contributed by atoms with Gasteiger partial charge < -0.3 is 20.1 Å². The molecule has 0 aromatic heterocycles. The maximum atomic E-state index is 13.1. The van der Waals surface area contributed by atoms with Crippen LogP contribution in [0.2, 0.25) is 0 Å². The number of benzene rings is 2. The Morgan fingerprint density at radius 2 is 1.71 bits per heavy atom. The SMILES string of the molecule is CCCc1c(OCCCS(=O)(=O)C(C(=O)O)C(C)(C)C(O)c2ccccc2)ccc(C(C)=O)c1O. The number of carbonyl (C=O) groups is 2. The van der Waals surface area contributed by atoms with Gasteiger partial charge in [0.25, 0.3) is 0 Å². The molecule has 2 aromatic carbocycles. The number of aliphatic carboxylic acids is 1. The van der Waals surface area contributed by atoms with Crippen molar-refractivity contribution in [2.45, 2.75) is 58.3 Å². The molecule has 35 heavy (non-hydrogen) atoms. The molecule has 9 heteroatoms. The Morgan fingerprint density at radius 3 is 2.26 bits per heavy atom. The monoisotopic (exact) mass is 506 g/mol. The number of carbonyl (C=O) groups excluding carboxylic acids is 1. The summed E-state index contributed by atoms with van der Waals surface area (Å²) in [5.41, 5.74) is -0.416. The number of carboxylic acids is 1. The van der Waals surface area contributed by atoms with Crippen molar-refractivity contribution in [3.63, 3.8) is 0 Å². The molecule has 2 rings (SSSR count). The second kappa shape index (κ2) is 11.7. The summed E-state index contributed by atoms with van der Waals surface area (Å²) in [6.07, 6.45) is -0.147. The van der Waals surface area contributed by atoms with Gasteiger partial charge in [-0.05, 0) is 37.5 Å².